The van der Waals surface area contributed by atoms with Crippen molar-refractivity contribution in [2.24, 2.45) is 5.92 Å². The molecule has 2 heteroatoms. The van der Waals surface area contributed by atoms with Gasteiger partial charge in [-0.15, -0.1) is 0 Å². The lowest BCUT2D eigenvalue weighted by Crippen LogP contribution is -2.24. The molecular formula is C16H22N2. The molecule has 0 spiro atoms. The molecule has 0 aliphatic heterocycles. The van der Waals surface area contributed by atoms with Crippen molar-refractivity contribution in [1.82, 2.24) is 4.90 Å². The minimum Gasteiger partial charge on any atom is -0.384 e. The first kappa shape index (κ1) is 12.9. The summed E-state index contributed by atoms with van der Waals surface area (Å²) in [4.78, 5) is 2.23. The van der Waals surface area contributed by atoms with E-state index in [0.29, 0.717) is 5.92 Å². The molecule has 0 saturated heterocycles. The first-order valence-corrected chi connectivity index (χ1v) is 6.53. The lowest BCUT2D eigenvalue weighted by atomic mass is 10.1. The zero-order chi connectivity index (χ0) is 13.0. The first-order chi connectivity index (χ1) is 8.66. The van der Waals surface area contributed by atoms with E-state index >= 15 is 0 Å². The van der Waals surface area contributed by atoms with Gasteiger partial charge < -0.3 is 10.2 Å². The van der Waals surface area contributed by atoms with Crippen molar-refractivity contribution in [2.45, 2.75) is 6.92 Å². The van der Waals surface area contributed by atoms with Crippen LogP contribution < -0.4 is 5.32 Å². The van der Waals surface area contributed by atoms with Crippen LogP contribution in [0.15, 0.2) is 42.5 Å². The van der Waals surface area contributed by atoms with Gasteiger partial charge in [0, 0.05) is 24.2 Å². The molecule has 18 heavy (non-hydrogen) atoms. The second-order valence-electron chi connectivity index (χ2n) is 5.28. The van der Waals surface area contributed by atoms with Gasteiger partial charge in [-0.1, -0.05) is 43.3 Å². The molecule has 1 atom stereocenters. The van der Waals surface area contributed by atoms with E-state index in [2.05, 4.69) is 73.7 Å². The summed E-state index contributed by atoms with van der Waals surface area (Å²) in [5.41, 5.74) is 1.23. The number of hydrogen-bond acceptors (Lipinski definition) is 2. The fourth-order valence-corrected chi connectivity index (χ4v) is 2.35. The largest absolute Gasteiger partial charge is 0.384 e. The van der Waals surface area contributed by atoms with E-state index in [9.17, 15) is 0 Å². The summed E-state index contributed by atoms with van der Waals surface area (Å²) in [5, 5.41) is 6.16. The predicted molar refractivity (Wildman–Crippen MR) is 80.2 cm³/mol. The van der Waals surface area contributed by atoms with Gasteiger partial charge in [-0.25, -0.2) is 0 Å². The molecule has 0 saturated carbocycles. The predicted octanol–water partition coefficient (Wildman–Crippen LogP) is 3.45. The Hall–Kier alpha value is -1.54. The highest BCUT2D eigenvalue weighted by molar-refractivity contribution is 5.93. The molecule has 0 bridgehead atoms. The standard InChI is InChI=1S/C16H22N2/c1-13(12-18(2)3)11-17-16-10-6-8-14-7-4-5-9-15(14)16/h4-10,13,17H,11-12H2,1-3H3/t13-/m0/s1. The number of fused-ring (bicyclic) bond motifs is 1. The van der Waals surface area contributed by atoms with Gasteiger partial charge >= 0.3 is 0 Å². The van der Waals surface area contributed by atoms with Gasteiger partial charge in [0.1, 0.15) is 0 Å². The molecule has 2 rings (SSSR count). The summed E-state index contributed by atoms with van der Waals surface area (Å²) < 4.78 is 0. The highest BCUT2D eigenvalue weighted by atomic mass is 15.1. The average Bonchev–Trinajstić information content (AvgIpc) is 2.35. The molecule has 1 N–H and O–H groups in total. The van der Waals surface area contributed by atoms with Crippen molar-refractivity contribution < 1.29 is 0 Å². The quantitative estimate of drug-likeness (QED) is 0.864. The minimum absolute atomic E-state index is 0.638. The minimum atomic E-state index is 0.638. The Morgan fingerprint density at radius 1 is 1.06 bits per heavy atom. The normalized spacial score (nSPS) is 12.9. The second-order valence-corrected chi connectivity index (χ2v) is 5.28. The van der Waals surface area contributed by atoms with Crippen LogP contribution in [-0.4, -0.2) is 32.1 Å². The summed E-state index contributed by atoms with van der Waals surface area (Å²) in [5.74, 6) is 0.638. The van der Waals surface area contributed by atoms with E-state index in [1.807, 2.05) is 0 Å². The smallest absolute Gasteiger partial charge is 0.0419 e. The number of rotatable bonds is 5. The fraction of sp³-hybridized carbons (Fsp3) is 0.375. The van der Waals surface area contributed by atoms with E-state index in [0.717, 1.165) is 13.1 Å². The number of nitrogens with one attached hydrogen (secondary N) is 1. The molecule has 0 aliphatic carbocycles. The lowest BCUT2D eigenvalue weighted by Gasteiger charge is -2.18. The van der Waals surface area contributed by atoms with Gasteiger partial charge in [-0.05, 0) is 31.5 Å². The van der Waals surface area contributed by atoms with Crippen LogP contribution in [0, 0.1) is 5.92 Å². The van der Waals surface area contributed by atoms with Crippen LogP contribution in [0.1, 0.15) is 6.92 Å². The van der Waals surface area contributed by atoms with E-state index in [4.69, 9.17) is 0 Å². The lowest BCUT2D eigenvalue weighted by molar-refractivity contribution is 0.348. The first-order valence-electron chi connectivity index (χ1n) is 6.53. The highest BCUT2D eigenvalue weighted by Gasteiger charge is 2.04. The Bertz CT molecular complexity index is 500. The molecule has 0 heterocycles. The van der Waals surface area contributed by atoms with Crippen LogP contribution in [0.2, 0.25) is 0 Å². The van der Waals surface area contributed by atoms with Crippen LogP contribution in [0.5, 0.6) is 0 Å². The van der Waals surface area contributed by atoms with E-state index in [-0.39, 0.29) is 0 Å². The third kappa shape index (κ3) is 3.23. The van der Waals surface area contributed by atoms with Gasteiger partial charge in [0.05, 0.1) is 0 Å². The topological polar surface area (TPSA) is 15.3 Å². The molecule has 2 aromatic carbocycles. The molecule has 0 amide bonds. The second kappa shape index (κ2) is 5.87. The monoisotopic (exact) mass is 242 g/mol. The van der Waals surface area contributed by atoms with Crippen LogP contribution in [0.3, 0.4) is 0 Å². The average molecular weight is 242 g/mol. The Balaban J connectivity index is 2.08. The third-order valence-electron chi connectivity index (χ3n) is 3.11. The molecule has 2 aromatic rings. The van der Waals surface area contributed by atoms with Gasteiger partial charge in [-0.3, -0.25) is 0 Å². The maximum Gasteiger partial charge on any atom is 0.0419 e. The molecular weight excluding hydrogens is 220 g/mol. The van der Waals surface area contributed by atoms with Crippen molar-refractivity contribution in [3.63, 3.8) is 0 Å². The summed E-state index contributed by atoms with van der Waals surface area (Å²) in [6, 6.07) is 14.9. The molecule has 2 nitrogen and oxygen atoms in total. The van der Waals surface area contributed by atoms with Crippen molar-refractivity contribution in [3.05, 3.63) is 42.5 Å². The number of hydrogen-bond donors (Lipinski definition) is 1. The van der Waals surface area contributed by atoms with Crippen molar-refractivity contribution in [2.75, 3.05) is 32.5 Å². The summed E-state index contributed by atoms with van der Waals surface area (Å²) in [6.45, 7) is 4.39. The molecule has 0 fully saturated rings. The van der Waals surface area contributed by atoms with Gasteiger partial charge in [0.2, 0.25) is 0 Å². The molecule has 0 aromatic heterocycles. The van der Waals surface area contributed by atoms with Crippen molar-refractivity contribution in [1.29, 1.82) is 0 Å². The van der Waals surface area contributed by atoms with Crippen LogP contribution in [0.4, 0.5) is 5.69 Å². The Labute approximate surface area is 110 Å². The Morgan fingerprint density at radius 2 is 1.78 bits per heavy atom. The van der Waals surface area contributed by atoms with Gasteiger partial charge in [0.15, 0.2) is 0 Å². The van der Waals surface area contributed by atoms with E-state index in [1.165, 1.54) is 16.5 Å². The summed E-state index contributed by atoms with van der Waals surface area (Å²) in [6.07, 6.45) is 0. The SMILES string of the molecule is C[C@@H](CNc1cccc2ccccc12)CN(C)C. The van der Waals surface area contributed by atoms with E-state index in [1.54, 1.807) is 0 Å². The zero-order valence-corrected chi connectivity index (χ0v) is 11.5. The Kier molecular flexibility index (Phi) is 4.21. The Morgan fingerprint density at radius 3 is 2.56 bits per heavy atom. The van der Waals surface area contributed by atoms with Gasteiger partial charge in [0.25, 0.3) is 0 Å². The van der Waals surface area contributed by atoms with Crippen LogP contribution in [0.25, 0.3) is 10.8 Å². The number of anilines is 1. The maximum absolute atomic E-state index is 3.57. The van der Waals surface area contributed by atoms with E-state index < -0.39 is 0 Å². The zero-order valence-electron chi connectivity index (χ0n) is 11.5. The highest BCUT2D eigenvalue weighted by Crippen LogP contribution is 2.23. The summed E-state index contributed by atoms with van der Waals surface area (Å²) in [7, 11) is 4.24. The number of benzene rings is 2. The molecule has 0 aliphatic rings. The van der Waals surface area contributed by atoms with Crippen molar-refractivity contribution >= 4 is 16.5 Å². The number of nitrogens with zero attached hydrogens (tertiary/aromatic N) is 1. The molecule has 96 valence electrons. The third-order valence-corrected chi connectivity index (χ3v) is 3.11. The molecule has 0 unspecified atom stereocenters. The van der Waals surface area contributed by atoms with Gasteiger partial charge in [-0.2, -0.15) is 0 Å². The van der Waals surface area contributed by atoms with Crippen LogP contribution >= 0.6 is 0 Å². The summed E-state index contributed by atoms with van der Waals surface area (Å²) >= 11 is 0. The van der Waals surface area contributed by atoms with Crippen molar-refractivity contribution in [3.8, 4) is 0 Å². The van der Waals surface area contributed by atoms with Crippen LogP contribution in [-0.2, 0) is 0 Å². The molecule has 0 radical (unpaired) electrons. The maximum atomic E-state index is 3.57. The fourth-order valence-electron chi connectivity index (χ4n) is 2.35.